The number of hydrogen-bond donors (Lipinski definition) is 0. The fraction of sp³-hybridized carbons (Fsp3) is 0.538. The van der Waals surface area contributed by atoms with Gasteiger partial charge in [0.05, 0.1) is 16.8 Å². The lowest BCUT2D eigenvalue weighted by Gasteiger charge is -2.16. The van der Waals surface area contributed by atoms with Gasteiger partial charge in [-0.2, -0.15) is 0 Å². The molecule has 3 saturated carbocycles. The van der Waals surface area contributed by atoms with Gasteiger partial charge in [0.1, 0.15) is 11.4 Å². The Morgan fingerprint density at radius 1 is 1.00 bits per heavy atom. The number of hydrogen-bond acceptors (Lipinski definition) is 4. The molecule has 2 bridgehead atoms. The first-order valence-electron chi connectivity index (χ1n) is 11.7. The second-order valence-corrected chi connectivity index (χ2v) is 9.93. The van der Waals surface area contributed by atoms with Gasteiger partial charge in [0.15, 0.2) is 11.6 Å². The van der Waals surface area contributed by atoms with Gasteiger partial charge in [-0.1, -0.05) is 55.6 Å². The Hall–Kier alpha value is -2.36. The fourth-order valence-corrected chi connectivity index (χ4v) is 6.21. The van der Waals surface area contributed by atoms with Gasteiger partial charge >= 0.3 is 0 Å². The molecule has 3 fully saturated rings. The molecule has 1 heterocycles. The zero-order valence-electron chi connectivity index (χ0n) is 17.4. The monoisotopic (exact) mass is 400 g/mol. The average molecular weight is 401 g/mol. The van der Waals surface area contributed by atoms with Crippen LogP contribution in [0.2, 0.25) is 0 Å². The summed E-state index contributed by atoms with van der Waals surface area (Å²) in [6.07, 6.45) is 21.3. The molecule has 3 atom stereocenters. The number of allylic oxidation sites excluding steroid dienone is 5. The lowest BCUT2D eigenvalue weighted by molar-refractivity contribution is 0.0911. The molecule has 0 amide bonds. The average Bonchev–Trinajstić information content (AvgIpc) is 3.04. The second kappa shape index (κ2) is 6.83. The van der Waals surface area contributed by atoms with E-state index in [0.717, 1.165) is 37.1 Å². The van der Waals surface area contributed by atoms with Crippen LogP contribution in [0.3, 0.4) is 0 Å². The number of carbonyl (C=O) groups is 2. The van der Waals surface area contributed by atoms with E-state index in [0.29, 0.717) is 17.3 Å². The Balaban J connectivity index is 1.49. The molecule has 4 nitrogen and oxygen atoms in total. The van der Waals surface area contributed by atoms with E-state index in [1.165, 1.54) is 44.1 Å². The first kappa shape index (κ1) is 18.4. The van der Waals surface area contributed by atoms with Crippen LogP contribution in [0.1, 0.15) is 90.2 Å². The molecule has 1 aromatic rings. The number of carbonyl (C=O) groups excluding carboxylic acids is 2. The highest BCUT2D eigenvalue weighted by Crippen LogP contribution is 2.62. The van der Waals surface area contributed by atoms with Gasteiger partial charge in [-0.25, -0.2) is 9.97 Å². The third-order valence-electron chi connectivity index (χ3n) is 8.03. The van der Waals surface area contributed by atoms with E-state index in [4.69, 9.17) is 9.97 Å². The number of fused-ring (bicyclic) bond motifs is 1. The molecule has 30 heavy (non-hydrogen) atoms. The first-order chi connectivity index (χ1) is 14.7. The fourth-order valence-electron chi connectivity index (χ4n) is 6.21. The number of nitrogens with zero attached hydrogens (tertiary/aromatic N) is 2. The van der Waals surface area contributed by atoms with Crippen molar-refractivity contribution in [2.45, 2.75) is 64.2 Å². The Labute approximate surface area is 177 Å². The summed E-state index contributed by atoms with van der Waals surface area (Å²) < 4.78 is 0. The van der Waals surface area contributed by atoms with Gasteiger partial charge in [0, 0.05) is 5.92 Å². The Kier molecular flexibility index (Phi) is 4.19. The SMILES string of the molecule is O=C1c2nc(C=C3CCCC3)c(CC3CCCC3)nc2C(=O)[C@]23C=CC=CC1C2C3. The van der Waals surface area contributed by atoms with Crippen LogP contribution in [0, 0.1) is 23.2 Å². The minimum atomic E-state index is -0.542. The number of rotatable bonds is 3. The number of Topliss-reactive ketones (excluding diaryl/α,β-unsaturated/α-hetero) is 2. The van der Waals surface area contributed by atoms with Gasteiger partial charge in [-0.3, -0.25) is 9.59 Å². The first-order valence-corrected chi connectivity index (χ1v) is 11.7. The Morgan fingerprint density at radius 2 is 1.80 bits per heavy atom. The van der Waals surface area contributed by atoms with Crippen LogP contribution < -0.4 is 0 Å². The molecule has 5 aliphatic carbocycles. The van der Waals surface area contributed by atoms with Crippen LogP contribution in [-0.4, -0.2) is 21.5 Å². The van der Waals surface area contributed by atoms with Crippen molar-refractivity contribution in [3.63, 3.8) is 0 Å². The molecule has 154 valence electrons. The summed E-state index contributed by atoms with van der Waals surface area (Å²) in [5.41, 5.74) is 3.30. The molecule has 1 aromatic heterocycles. The summed E-state index contributed by atoms with van der Waals surface area (Å²) in [6.45, 7) is 0. The molecule has 4 heteroatoms. The van der Waals surface area contributed by atoms with E-state index in [-0.39, 0.29) is 23.4 Å². The molecule has 6 rings (SSSR count). The van der Waals surface area contributed by atoms with Crippen LogP contribution in [0.25, 0.3) is 6.08 Å². The van der Waals surface area contributed by atoms with Crippen molar-refractivity contribution in [2.24, 2.45) is 23.2 Å². The summed E-state index contributed by atoms with van der Waals surface area (Å²) in [5.74, 6) is 0.421. The normalized spacial score (nSPS) is 32.1. The highest BCUT2D eigenvalue weighted by atomic mass is 16.1. The molecular weight excluding hydrogens is 372 g/mol. The van der Waals surface area contributed by atoms with E-state index < -0.39 is 5.41 Å². The molecular formula is C26H28N2O2. The maximum atomic E-state index is 13.6. The lowest BCUT2D eigenvalue weighted by Crippen LogP contribution is -2.22. The predicted molar refractivity (Wildman–Crippen MR) is 115 cm³/mol. The van der Waals surface area contributed by atoms with Crippen molar-refractivity contribution in [1.82, 2.24) is 9.97 Å². The molecule has 5 aliphatic rings. The van der Waals surface area contributed by atoms with Crippen molar-refractivity contribution >= 4 is 17.6 Å². The third kappa shape index (κ3) is 2.79. The smallest absolute Gasteiger partial charge is 0.193 e. The van der Waals surface area contributed by atoms with Gasteiger partial charge in [0.25, 0.3) is 0 Å². The molecule has 0 aromatic carbocycles. The largest absolute Gasteiger partial charge is 0.292 e. The second-order valence-electron chi connectivity index (χ2n) is 9.93. The lowest BCUT2D eigenvalue weighted by atomic mass is 9.92. The summed E-state index contributed by atoms with van der Waals surface area (Å²) in [7, 11) is 0. The van der Waals surface area contributed by atoms with Crippen molar-refractivity contribution in [1.29, 1.82) is 0 Å². The predicted octanol–water partition coefficient (Wildman–Crippen LogP) is 5.29. The standard InChI is InChI=1S/C26H28N2O2/c29-24-18-11-5-6-12-26(15-19(18)26)25(30)23-22(24)27-20(13-16-7-1-2-8-16)21(28-23)14-17-9-3-4-10-17/h5-6,11-13,17-19H,1-4,7-10,14-15H2/t18?,19?,26-/m0/s1. The Bertz CT molecular complexity index is 1020. The van der Waals surface area contributed by atoms with Gasteiger partial charge in [-0.05, 0) is 56.4 Å². The summed E-state index contributed by atoms with van der Waals surface area (Å²) in [5, 5.41) is 0. The zero-order chi connectivity index (χ0) is 20.3. The number of ketones is 2. The van der Waals surface area contributed by atoms with Gasteiger partial charge in [0.2, 0.25) is 0 Å². The maximum absolute atomic E-state index is 13.6. The van der Waals surface area contributed by atoms with Crippen molar-refractivity contribution in [3.8, 4) is 0 Å². The molecule has 0 spiro atoms. The van der Waals surface area contributed by atoms with Crippen LogP contribution in [-0.2, 0) is 6.42 Å². The van der Waals surface area contributed by atoms with E-state index in [1.807, 2.05) is 24.3 Å². The van der Waals surface area contributed by atoms with E-state index >= 15 is 0 Å². The van der Waals surface area contributed by atoms with Crippen LogP contribution in [0.15, 0.2) is 29.9 Å². The molecule has 0 aliphatic heterocycles. The van der Waals surface area contributed by atoms with Crippen molar-refractivity contribution < 1.29 is 9.59 Å². The van der Waals surface area contributed by atoms with E-state index in [9.17, 15) is 9.59 Å². The molecule has 0 radical (unpaired) electrons. The van der Waals surface area contributed by atoms with Gasteiger partial charge < -0.3 is 0 Å². The van der Waals surface area contributed by atoms with E-state index in [1.54, 1.807) is 0 Å². The summed E-state index contributed by atoms with van der Waals surface area (Å²) in [4.78, 5) is 36.9. The summed E-state index contributed by atoms with van der Waals surface area (Å²) >= 11 is 0. The van der Waals surface area contributed by atoms with E-state index in [2.05, 4.69) is 6.08 Å². The minimum Gasteiger partial charge on any atom is -0.292 e. The zero-order valence-corrected chi connectivity index (χ0v) is 17.4. The Morgan fingerprint density at radius 3 is 2.60 bits per heavy atom. The molecule has 0 saturated heterocycles. The van der Waals surface area contributed by atoms with Crippen molar-refractivity contribution in [2.75, 3.05) is 0 Å². The van der Waals surface area contributed by atoms with Crippen LogP contribution in [0.4, 0.5) is 0 Å². The molecule has 0 N–H and O–H groups in total. The van der Waals surface area contributed by atoms with Crippen molar-refractivity contribution in [3.05, 3.63) is 52.7 Å². The quantitative estimate of drug-likeness (QED) is 0.691. The highest BCUT2D eigenvalue weighted by Gasteiger charge is 2.65. The number of aromatic nitrogens is 2. The topological polar surface area (TPSA) is 59.9 Å². The highest BCUT2D eigenvalue weighted by molar-refractivity contribution is 6.14. The van der Waals surface area contributed by atoms with Crippen LogP contribution in [0.5, 0.6) is 0 Å². The molecule has 2 unspecified atom stereocenters. The van der Waals surface area contributed by atoms with Gasteiger partial charge in [-0.15, -0.1) is 0 Å². The third-order valence-corrected chi connectivity index (χ3v) is 8.03. The summed E-state index contributed by atoms with van der Waals surface area (Å²) in [6, 6.07) is 0. The minimum absolute atomic E-state index is 0.0125. The van der Waals surface area contributed by atoms with Crippen LogP contribution >= 0.6 is 0 Å². The maximum Gasteiger partial charge on any atom is 0.193 e.